The van der Waals surface area contributed by atoms with Crippen LogP contribution in [0.5, 0.6) is 0 Å². The van der Waals surface area contributed by atoms with Gasteiger partial charge in [0.25, 0.3) is 0 Å². The van der Waals surface area contributed by atoms with Gasteiger partial charge in [0.15, 0.2) is 5.65 Å². The predicted octanol–water partition coefficient (Wildman–Crippen LogP) is 2.54. The number of aromatic nitrogens is 3. The van der Waals surface area contributed by atoms with Gasteiger partial charge in [0.2, 0.25) is 0 Å². The summed E-state index contributed by atoms with van der Waals surface area (Å²) in [5.74, 6) is 0.515. The second kappa shape index (κ2) is 4.97. The highest BCUT2D eigenvalue weighted by atomic mass is 35.5. The van der Waals surface area contributed by atoms with E-state index in [9.17, 15) is 13.2 Å². The van der Waals surface area contributed by atoms with Crippen LogP contribution in [0, 0.1) is 5.92 Å². The Labute approximate surface area is 112 Å². The van der Waals surface area contributed by atoms with Gasteiger partial charge in [-0.25, -0.2) is 0 Å². The Hall–Kier alpha value is -1.34. The van der Waals surface area contributed by atoms with Gasteiger partial charge in [-0.05, 0) is 18.5 Å². The van der Waals surface area contributed by atoms with E-state index in [0.29, 0.717) is 18.8 Å². The quantitative estimate of drug-likeness (QED) is 0.946. The van der Waals surface area contributed by atoms with Gasteiger partial charge in [0.1, 0.15) is 5.82 Å². The molecule has 0 saturated carbocycles. The maximum absolute atomic E-state index is 12.7. The van der Waals surface area contributed by atoms with Crippen molar-refractivity contribution in [1.82, 2.24) is 14.6 Å². The molecule has 4 nitrogen and oxygen atoms in total. The fourth-order valence-corrected chi connectivity index (χ4v) is 1.94. The molecule has 0 aliphatic heterocycles. The molecule has 1 unspecified atom stereocenters. The molecule has 2 aromatic rings. The summed E-state index contributed by atoms with van der Waals surface area (Å²) in [6.07, 6.45) is -3.06. The molecular weight excluding hydrogens is 281 g/mol. The Morgan fingerprint density at radius 2 is 2.11 bits per heavy atom. The topological polar surface area (TPSA) is 56.2 Å². The molecule has 8 heteroatoms. The lowest BCUT2D eigenvalue weighted by Crippen LogP contribution is -2.15. The van der Waals surface area contributed by atoms with E-state index in [-0.39, 0.29) is 16.6 Å². The van der Waals surface area contributed by atoms with Gasteiger partial charge in [0.05, 0.1) is 10.6 Å². The van der Waals surface area contributed by atoms with Crippen molar-refractivity contribution in [1.29, 1.82) is 0 Å². The smallest absolute Gasteiger partial charge is 0.330 e. The Balaban J connectivity index is 2.54. The van der Waals surface area contributed by atoms with Crippen LogP contribution in [0.4, 0.5) is 13.2 Å². The van der Waals surface area contributed by atoms with Gasteiger partial charge in [-0.15, -0.1) is 10.2 Å². The first-order valence-corrected chi connectivity index (χ1v) is 6.01. The van der Waals surface area contributed by atoms with Crippen molar-refractivity contribution in [3.8, 4) is 0 Å². The van der Waals surface area contributed by atoms with Crippen molar-refractivity contribution in [3.63, 3.8) is 0 Å². The monoisotopic (exact) mass is 292 g/mol. The molecule has 2 N–H and O–H groups in total. The number of hydrogen-bond donors (Lipinski definition) is 1. The summed E-state index contributed by atoms with van der Waals surface area (Å²) in [4.78, 5) is 0. The zero-order valence-corrected chi connectivity index (χ0v) is 10.8. The Morgan fingerprint density at radius 1 is 1.42 bits per heavy atom. The van der Waals surface area contributed by atoms with Crippen molar-refractivity contribution in [3.05, 3.63) is 28.7 Å². The Morgan fingerprint density at radius 3 is 2.68 bits per heavy atom. The van der Waals surface area contributed by atoms with E-state index in [1.54, 1.807) is 0 Å². The lowest BCUT2D eigenvalue weighted by Gasteiger charge is -2.10. The minimum Gasteiger partial charge on any atom is -0.330 e. The fourth-order valence-electron chi connectivity index (χ4n) is 1.69. The van der Waals surface area contributed by atoms with Gasteiger partial charge in [-0.3, -0.25) is 4.40 Å². The molecule has 0 radical (unpaired) electrons. The molecule has 0 aromatic carbocycles. The second-order valence-electron chi connectivity index (χ2n) is 4.43. The van der Waals surface area contributed by atoms with E-state index in [1.807, 2.05) is 6.92 Å². The molecule has 0 aliphatic rings. The van der Waals surface area contributed by atoms with Gasteiger partial charge >= 0.3 is 6.18 Å². The molecule has 2 rings (SSSR count). The third-order valence-electron chi connectivity index (χ3n) is 2.79. The molecule has 0 aliphatic carbocycles. The van der Waals surface area contributed by atoms with Crippen LogP contribution < -0.4 is 5.73 Å². The SMILES string of the molecule is CC(CN)Cc1nnc2c(Cl)cc(C(F)(F)F)cn12. The van der Waals surface area contributed by atoms with Crippen molar-refractivity contribution in [2.75, 3.05) is 6.54 Å². The molecule has 0 amide bonds. The summed E-state index contributed by atoms with van der Waals surface area (Å²) >= 11 is 5.80. The number of pyridine rings is 1. The average Bonchev–Trinajstić information content (AvgIpc) is 2.72. The van der Waals surface area contributed by atoms with Crippen molar-refractivity contribution < 1.29 is 13.2 Å². The van der Waals surface area contributed by atoms with Crippen molar-refractivity contribution >= 4 is 17.2 Å². The van der Waals surface area contributed by atoms with Crippen LogP contribution >= 0.6 is 11.6 Å². The summed E-state index contributed by atoms with van der Waals surface area (Å²) in [6.45, 7) is 2.30. The number of nitrogens with two attached hydrogens (primary N) is 1. The summed E-state index contributed by atoms with van der Waals surface area (Å²) in [6, 6.07) is 0.849. The van der Waals surface area contributed by atoms with Gasteiger partial charge in [0, 0.05) is 12.6 Å². The van der Waals surface area contributed by atoms with Crippen LogP contribution in [0.1, 0.15) is 18.3 Å². The summed E-state index contributed by atoms with van der Waals surface area (Å²) in [7, 11) is 0. The first-order chi connectivity index (χ1) is 8.82. The third-order valence-corrected chi connectivity index (χ3v) is 3.07. The van der Waals surface area contributed by atoms with E-state index < -0.39 is 11.7 Å². The molecule has 1 atom stereocenters. The molecule has 2 heterocycles. The van der Waals surface area contributed by atoms with E-state index >= 15 is 0 Å². The van der Waals surface area contributed by atoms with Crippen LogP contribution in [0.15, 0.2) is 12.3 Å². The fraction of sp³-hybridized carbons (Fsp3) is 0.455. The summed E-state index contributed by atoms with van der Waals surface area (Å²) in [5.41, 5.74) is 4.89. The number of alkyl halides is 3. The predicted molar refractivity (Wildman–Crippen MR) is 64.9 cm³/mol. The normalized spacial score (nSPS) is 14.0. The number of fused-ring (bicyclic) bond motifs is 1. The van der Waals surface area contributed by atoms with Gasteiger partial charge in [-0.2, -0.15) is 13.2 Å². The first-order valence-electron chi connectivity index (χ1n) is 5.63. The molecule has 0 fully saturated rings. The zero-order chi connectivity index (χ0) is 14.2. The standard InChI is InChI=1S/C11H12ClF3N4/c1-6(4-16)2-9-17-18-10-8(12)3-7(5-19(9)10)11(13,14)15/h3,5-6H,2,4,16H2,1H3. The number of rotatable bonds is 3. The highest BCUT2D eigenvalue weighted by Crippen LogP contribution is 2.32. The molecular formula is C11H12ClF3N4. The number of hydrogen-bond acceptors (Lipinski definition) is 3. The highest BCUT2D eigenvalue weighted by molar-refractivity contribution is 6.33. The minimum atomic E-state index is -4.46. The Kier molecular flexibility index (Phi) is 3.69. The van der Waals surface area contributed by atoms with Crippen molar-refractivity contribution in [2.45, 2.75) is 19.5 Å². The maximum atomic E-state index is 12.7. The lowest BCUT2D eigenvalue weighted by molar-refractivity contribution is -0.137. The zero-order valence-electron chi connectivity index (χ0n) is 10.1. The first kappa shape index (κ1) is 14.1. The van der Waals surface area contributed by atoms with Crippen LogP contribution in [0.3, 0.4) is 0 Å². The highest BCUT2D eigenvalue weighted by Gasteiger charge is 2.32. The third kappa shape index (κ3) is 2.82. The molecule has 0 bridgehead atoms. The number of nitrogens with zero attached hydrogens (tertiary/aromatic N) is 3. The molecule has 104 valence electrons. The van der Waals surface area contributed by atoms with E-state index in [4.69, 9.17) is 17.3 Å². The lowest BCUT2D eigenvalue weighted by atomic mass is 10.1. The Bertz CT molecular complexity index is 593. The van der Waals surface area contributed by atoms with E-state index in [0.717, 1.165) is 12.3 Å². The van der Waals surface area contributed by atoms with Crippen LogP contribution in [0.25, 0.3) is 5.65 Å². The van der Waals surface area contributed by atoms with Crippen LogP contribution in [-0.4, -0.2) is 21.1 Å². The van der Waals surface area contributed by atoms with Gasteiger partial charge in [-0.1, -0.05) is 18.5 Å². The van der Waals surface area contributed by atoms with Crippen LogP contribution in [0.2, 0.25) is 5.02 Å². The minimum absolute atomic E-state index is 0.0750. The maximum Gasteiger partial charge on any atom is 0.417 e. The molecule has 2 aromatic heterocycles. The summed E-state index contributed by atoms with van der Waals surface area (Å²) in [5, 5.41) is 7.60. The largest absolute Gasteiger partial charge is 0.417 e. The summed E-state index contributed by atoms with van der Waals surface area (Å²) < 4.78 is 39.5. The van der Waals surface area contributed by atoms with Gasteiger partial charge < -0.3 is 5.73 Å². The average molecular weight is 293 g/mol. The molecule has 0 spiro atoms. The van der Waals surface area contributed by atoms with Crippen molar-refractivity contribution in [2.24, 2.45) is 11.7 Å². The molecule has 0 saturated heterocycles. The second-order valence-corrected chi connectivity index (χ2v) is 4.84. The number of halogens is 4. The van der Waals surface area contributed by atoms with Crippen LogP contribution in [-0.2, 0) is 12.6 Å². The van der Waals surface area contributed by atoms with E-state index in [2.05, 4.69) is 10.2 Å². The molecule has 19 heavy (non-hydrogen) atoms. The van der Waals surface area contributed by atoms with E-state index in [1.165, 1.54) is 4.40 Å².